The normalized spacial score (nSPS) is 19.2. The van der Waals surface area contributed by atoms with E-state index in [4.69, 9.17) is 0 Å². The van der Waals surface area contributed by atoms with Crippen molar-refractivity contribution in [1.29, 1.82) is 0 Å². The largest absolute Gasteiger partial charge is 0.508 e. The van der Waals surface area contributed by atoms with E-state index in [0.717, 1.165) is 37.1 Å². The van der Waals surface area contributed by atoms with Gasteiger partial charge in [0.1, 0.15) is 5.75 Å². The van der Waals surface area contributed by atoms with Gasteiger partial charge in [-0.15, -0.1) is 0 Å². The van der Waals surface area contributed by atoms with Crippen LogP contribution in [0, 0.1) is 19.8 Å². The summed E-state index contributed by atoms with van der Waals surface area (Å²) in [5.74, 6) is 0.736. The highest BCUT2D eigenvalue weighted by Gasteiger charge is 2.35. The van der Waals surface area contributed by atoms with E-state index in [2.05, 4.69) is 0 Å². The zero-order chi connectivity index (χ0) is 22.9. The van der Waals surface area contributed by atoms with E-state index >= 15 is 0 Å². The number of hydrogen-bond acceptors (Lipinski definition) is 4. The maximum atomic E-state index is 13.1. The predicted octanol–water partition coefficient (Wildman–Crippen LogP) is 3.82. The van der Waals surface area contributed by atoms with Crippen LogP contribution in [-0.4, -0.2) is 54.8 Å². The van der Waals surface area contributed by atoms with Crippen molar-refractivity contribution in [3.05, 3.63) is 59.2 Å². The minimum atomic E-state index is -3.53. The van der Waals surface area contributed by atoms with Crippen molar-refractivity contribution in [2.24, 2.45) is 5.92 Å². The van der Waals surface area contributed by atoms with Crippen LogP contribution in [0.15, 0.2) is 47.4 Å². The second-order valence-corrected chi connectivity index (χ2v) is 11.0. The summed E-state index contributed by atoms with van der Waals surface area (Å²) < 4.78 is 27.7. The molecule has 172 valence electrons. The van der Waals surface area contributed by atoms with Crippen LogP contribution in [0.2, 0.25) is 0 Å². The van der Waals surface area contributed by atoms with Crippen LogP contribution < -0.4 is 0 Å². The molecule has 2 saturated heterocycles. The zero-order valence-electron chi connectivity index (χ0n) is 18.8. The Hall–Kier alpha value is -2.38. The van der Waals surface area contributed by atoms with E-state index in [1.807, 2.05) is 43.0 Å². The van der Waals surface area contributed by atoms with Crippen LogP contribution in [0.4, 0.5) is 0 Å². The molecule has 2 aliphatic rings. The fourth-order valence-electron chi connectivity index (χ4n) is 5.01. The quantitative estimate of drug-likeness (QED) is 0.759. The van der Waals surface area contributed by atoms with Gasteiger partial charge in [-0.05, 0) is 74.8 Å². The van der Waals surface area contributed by atoms with E-state index in [0.29, 0.717) is 36.7 Å². The summed E-state index contributed by atoms with van der Waals surface area (Å²) >= 11 is 0. The number of sulfonamides is 1. The van der Waals surface area contributed by atoms with Crippen LogP contribution in [0.1, 0.15) is 48.3 Å². The number of likely N-dealkylation sites (tertiary alicyclic amines) is 1. The highest BCUT2D eigenvalue weighted by molar-refractivity contribution is 7.89. The van der Waals surface area contributed by atoms with Gasteiger partial charge in [-0.25, -0.2) is 8.42 Å². The zero-order valence-corrected chi connectivity index (χ0v) is 19.6. The fourth-order valence-corrected chi connectivity index (χ4v) is 6.68. The molecule has 0 radical (unpaired) electrons. The van der Waals surface area contributed by atoms with Gasteiger partial charge in [0.15, 0.2) is 0 Å². The minimum absolute atomic E-state index is 0.106. The first-order valence-electron chi connectivity index (χ1n) is 11.4. The first-order chi connectivity index (χ1) is 15.3. The van der Waals surface area contributed by atoms with Gasteiger partial charge in [0.25, 0.3) is 0 Å². The summed E-state index contributed by atoms with van der Waals surface area (Å²) in [7, 11) is -3.53. The molecule has 0 saturated carbocycles. The molecular formula is C25H32N2O4S. The lowest BCUT2D eigenvalue weighted by Gasteiger charge is -2.37. The molecule has 0 aromatic heterocycles. The Morgan fingerprint density at radius 1 is 0.906 bits per heavy atom. The Balaban J connectivity index is 1.32. The van der Waals surface area contributed by atoms with Crippen LogP contribution in [0.3, 0.4) is 0 Å². The van der Waals surface area contributed by atoms with E-state index in [9.17, 15) is 18.3 Å². The molecule has 6 nitrogen and oxygen atoms in total. The summed E-state index contributed by atoms with van der Waals surface area (Å²) in [6, 6.07) is 12.8. The Kier molecular flexibility index (Phi) is 6.58. The monoisotopic (exact) mass is 456 g/mol. The topological polar surface area (TPSA) is 77.9 Å². The number of piperidine rings is 2. The van der Waals surface area contributed by atoms with Gasteiger partial charge in [-0.1, -0.05) is 29.8 Å². The summed E-state index contributed by atoms with van der Waals surface area (Å²) in [5, 5.41) is 9.48. The van der Waals surface area contributed by atoms with Gasteiger partial charge in [0.05, 0.1) is 4.90 Å². The summed E-state index contributed by atoms with van der Waals surface area (Å²) in [6.45, 7) is 6.01. The molecule has 32 heavy (non-hydrogen) atoms. The SMILES string of the molecule is Cc1ccc(S(=O)(=O)N2CCC(C(=O)N3CCC(c4ccc(O)cc4)CC3)CC2)c(C)c1. The van der Waals surface area contributed by atoms with Crippen LogP contribution in [0.5, 0.6) is 5.75 Å². The lowest BCUT2D eigenvalue weighted by Crippen LogP contribution is -2.46. The highest BCUT2D eigenvalue weighted by atomic mass is 32.2. The molecule has 2 fully saturated rings. The van der Waals surface area contributed by atoms with Gasteiger partial charge in [0, 0.05) is 32.1 Å². The molecule has 0 spiro atoms. The van der Waals surface area contributed by atoms with Crippen LogP contribution in [-0.2, 0) is 14.8 Å². The van der Waals surface area contributed by atoms with Crippen molar-refractivity contribution in [2.45, 2.75) is 50.3 Å². The molecule has 2 aromatic rings. The Labute approximate surface area is 190 Å². The first-order valence-corrected chi connectivity index (χ1v) is 12.8. The predicted molar refractivity (Wildman–Crippen MR) is 124 cm³/mol. The van der Waals surface area contributed by atoms with E-state index in [1.54, 1.807) is 18.2 Å². The molecule has 2 heterocycles. The van der Waals surface area contributed by atoms with E-state index < -0.39 is 10.0 Å². The fraction of sp³-hybridized carbons (Fsp3) is 0.480. The van der Waals surface area contributed by atoms with Crippen molar-refractivity contribution in [2.75, 3.05) is 26.2 Å². The highest BCUT2D eigenvalue weighted by Crippen LogP contribution is 2.32. The van der Waals surface area contributed by atoms with Gasteiger partial charge in [0.2, 0.25) is 15.9 Å². The number of benzene rings is 2. The first kappa shape index (κ1) is 22.8. The smallest absolute Gasteiger partial charge is 0.243 e. The molecule has 1 N–H and O–H groups in total. The van der Waals surface area contributed by atoms with Gasteiger partial charge in [-0.3, -0.25) is 4.79 Å². The number of aryl methyl sites for hydroxylation is 2. The number of phenolic OH excluding ortho intramolecular Hbond substituents is 1. The Bertz CT molecular complexity index is 1070. The molecule has 1 amide bonds. The average molecular weight is 457 g/mol. The van der Waals surface area contributed by atoms with Crippen molar-refractivity contribution in [3.63, 3.8) is 0 Å². The van der Waals surface area contributed by atoms with E-state index in [1.165, 1.54) is 9.87 Å². The third kappa shape index (κ3) is 4.69. The Morgan fingerprint density at radius 2 is 1.53 bits per heavy atom. The number of rotatable bonds is 4. The minimum Gasteiger partial charge on any atom is -0.508 e. The van der Waals surface area contributed by atoms with Crippen molar-refractivity contribution >= 4 is 15.9 Å². The second-order valence-electron chi connectivity index (χ2n) is 9.14. The number of carbonyl (C=O) groups is 1. The number of carbonyl (C=O) groups excluding carboxylic acids is 1. The van der Waals surface area contributed by atoms with Crippen LogP contribution in [0.25, 0.3) is 0 Å². The molecule has 7 heteroatoms. The van der Waals surface area contributed by atoms with Gasteiger partial charge < -0.3 is 10.0 Å². The summed E-state index contributed by atoms with van der Waals surface area (Å²) in [4.78, 5) is 15.4. The number of nitrogens with zero attached hydrogens (tertiary/aromatic N) is 2. The van der Waals surface area contributed by atoms with Crippen molar-refractivity contribution in [3.8, 4) is 5.75 Å². The van der Waals surface area contributed by atoms with Crippen molar-refractivity contribution in [1.82, 2.24) is 9.21 Å². The molecule has 2 aliphatic heterocycles. The third-order valence-corrected chi connectivity index (χ3v) is 8.98. The number of aromatic hydroxyl groups is 1. The third-order valence-electron chi connectivity index (χ3n) is 6.92. The molecule has 2 aromatic carbocycles. The lowest BCUT2D eigenvalue weighted by atomic mass is 9.88. The van der Waals surface area contributed by atoms with Crippen molar-refractivity contribution < 1.29 is 18.3 Å². The molecule has 4 rings (SSSR count). The summed E-state index contributed by atoms with van der Waals surface area (Å²) in [5.41, 5.74) is 3.01. The number of hydrogen-bond donors (Lipinski definition) is 1. The molecule has 0 atom stereocenters. The molecule has 0 unspecified atom stereocenters. The number of phenols is 1. The van der Waals surface area contributed by atoms with E-state index in [-0.39, 0.29) is 17.6 Å². The number of amides is 1. The molecule has 0 bridgehead atoms. The van der Waals surface area contributed by atoms with Gasteiger partial charge in [-0.2, -0.15) is 4.31 Å². The average Bonchev–Trinajstić information content (AvgIpc) is 2.79. The van der Waals surface area contributed by atoms with Gasteiger partial charge >= 0.3 is 0 Å². The van der Waals surface area contributed by atoms with Crippen LogP contribution >= 0.6 is 0 Å². The lowest BCUT2D eigenvalue weighted by molar-refractivity contribution is -0.137. The molecular weight excluding hydrogens is 424 g/mol. The molecule has 0 aliphatic carbocycles. The maximum Gasteiger partial charge on any atom is 0.243 e. The Morgan fingerprint density at radius 3 is 2.12 bits per heavy atom. The second kappa shape index (κ2) is 9.24. The summed E-state index contributed by atoms with van der Waals surface area (Å²) in [6.07, 6.45) is 2.97. The standard InChI is InChI=1S/C25H32N2O4S/c1-18-3-8-24(19(2)17-18)32(30,31)27-15-11-22(12-16-27)25(29)26-13-9-21(10-14-26)20-4-6-23(28)7-5-20/h3-8,17,21-22,28H,9-16H2,1-2H3. The maximum absolute atomic E-state index is 13.1.